The Balaban J connectivity index is 1.87. The van der Waals surface area contributed by atoms with Crippen LogP contribution in [0, 0.1) is 0 Å². The van der Waals surface area contributed by atoms with Gasteiger partial charge < -0.3 is 4.57 Å². The molecular formula is C28H18ClN. The lowest BCUT2D eigenvalue weighted by Gasteiger charge is -2.17. The predicted molar refractivity (Wildman–Crippen MR) is 129 cm³/mol. The third-order valence-electron chi connectivity index (χ3n) is 5.86. The number of hydrogen-bond acceptors (Lipinski definition) is 0. The number of nitrogens with zero attached hydrogens (tertiary/aromatic N) is 1. The summed E-state index contributed by atoms with van der Waals surface area (Å²) in [6, 6.07) is 38.3. The van der Waals surface area contributed by atoms with Crippen LogP contribution < -0.4 is 0 Å². The second-order valence-corrected chi connectivity index (χ2v) is 7.94. The second-order valence-electron chi connectivity index (χ2n) is 7.54. The van der Waals surface area contributed by atoms with E-state index in [0.717, 1.165) is 21.4 Å². The molecule has 0 aliphatic carbocycles. The van der Waals surface area contributed by atoms with Crippen molar-refractivity contribution >= 4 is 44.2 Å². The van der Waals surface area contributed by atoms with Crippen molar-refractivity contribution in [2.24, 2.45) is 0 Å². The molecule has 6 aromatic rings. The average Bonchev–Trinajstić information content (AvgIpc) is 3.14. The maximum Gasteiger partial charge on any atom is 0.0618 e. The van der Waals surface area contributed by atoms with E-state index in [-0.39, 0.29) is 0 Å². The third kappa shape index (κ3) is 2.49. The number of hydrogen-bond donors (Lipinski definition) is 0. The first-order valence-electron chi connectivity index (χ1n) is 10.1. The minimum atomic E-state index is 0.781. The first-order valence-corrected chi connectivity index (χ1v) is 10.5. The summed E-state index contributed by atoms with van der Waals surface area (Å²) in [5.41, 5.74) is 5.88. The van der Waals surface area contributed by atoms with Crippen LogP contribution >= 0.6 is 11.6 Å². The van der Waals surface area contributed by atoms with Crippen LogP contribution in [0.5, 0.6) is 0 Å². The summed E-state index contributed by atoms with van der Waals surface area (Å²) in [5.74, 6) is 0. The molecule has 0 bridgehead atoms. The number of rotatable bonds is 2. The molecule has 1 heterocycles. The maximum atomic E-state index is 6.70. The standard InChI is InChI=1S/C28H18ClN/c29-24-14-8-16-26-27(24)23-13-6-7-15-25(23)30(26)28-21-12-5-4-11-20(21)17-18-22(28)19-9-2-1-3-10-19/h1-18H. The number of fused-ring (bicyclic) bond motifs is 4. The van der Waals surface area contributed by atoms with Gasteiger partial charge in [-0.25, -0.2) is 0 Å². The fraction of sp³-hybridized carbons (Fsp3) is 0. The summed E-state index contributed by atoms with van der Waals surface area (Å²) >= 11 is 6.70. The summed E-state index contributed by atoms with van der Waals surface area (Å²) < 4.78 is 2.38. The number of halogens is 1. The largest absolute Gasteiger partial charge is 0.308 e. The van der Waals surface area contributed by atoms with Gasteiger partial charge in [-0.1, -0.05) is 103 Å². The summed E-state index contributed by atoms with van der Waals surface area (Å²) in [7, 11) is 0. The zero-order valence-corrected chi connectivity index (χ0v) is 17.0. The first-order chi connectivity index (χ1) is 14.8. The molecule has 2 heteroatoms. The van der Waals surface area contributed by atoms with Gasteiger partial charge in [0.15, 0.2) is 0 Å². The maximum absolute atomic E-state index is 6.70. The molecule has 5 aromatic carbocycles. The molecular weight excluding hydrogens is 386 g/mol. The smallest absolute Gasteiger partial charge is 0.0618 e. The molecule has 0 spiro atoms. The molecule has 0 radical (unpaired) electrons. The number of para-hydroxylation sites is 1. The van der Waals surface area contributed by atoms with Crippen LogP contribution in [0.15, 0.2) is 109 Å². The molecule has 0 amide bonds. The van der Waals surface area contributed by atoms with Crippen LogP contribution in [0.3, 0.4) is 0 Å². The molecule has 6 rings (SSSR count). The van der Waals surface area contributed by atoms with Gasteiger partial charge in [-0.05, 0) is 29.1 Å². The van der Waals surface area contributed by atoms with E-state index in [4.69, 9.17) is 11.6 Å². The minimum Gasteiger partial charge on any atom is -0.308 e. The highest BCUT2D eigenvalue weighted by Gasteiger charge is 2.18. The summed E-state index contributed by atoms with van der Waals surface area (Å²) in [4.78, 5) is 0. The van der Waals surface area contributed by atoms with E-state index >= 15 is 0 Å². The summed E-state index contributed by atoms with van der Waals surface area (Å²) in [6.45, 7) is 0. The van der Waals surface area contributed by atoms with E-state index in [1.807, 2.05) is 12.1 Å². The van der Waals surface area contributed by atoms with Gasteiger partial charge in [0.2, 0.25) is 0 Å². The fourth-order valence-electron chi connectivity index (χ4n) is 4.56. The SMILES string of the molecule is Clc1cccc2c1c1ccccc1n2-c1c(-c2ccccc2)ccc2ccccc12. The Morgan fingerprint density at radius 1 is 0.533 bits per heavy atom. The van der Waals surface area contributed by atoms with Crippen molar-refractivity contribution in [2.45, 2.75) is 0 Å². The van der Waals surface area contributed by atoms with Crippen LogP contribution in [-0.4, -0.2) is 4.57 Å². The molecule has 0 atom stereocenters. The van der Waals surface area contributed by atoms with Gasteiger partial charge in [0.05, 0.1) is 21.7 Å². The average molecular weight is 404 g/mol. The quantitative estimate of drug-likeness (QED) is 0.274. The predicted octanol–water partition coefficient (Wildman–Crippen LogP) is 8.26. The zero-order valence-electron chi connectivity index (χ0n) is 16.2. The van der Waals surface area contributed by atoms with Gasteiger partial charge >= 0.3 is 0 Å². The first kappa shape index (κ1) is 17.3. The molecule has 30 heavy (non-hydrogen) atoms. The van der Waals surface area contributed by atoms with Gasteiger partial charge in [0.1, 0.15) is 0 Å². The molecule has 0 aliphatic rings. The van der Waals surface area contributed by atoms with Gasteiger partial charge in [0, 0.05) is 21.7 Å². The van der Waals surface area contributed by atoms with Gasteiger partial charge in [0.25, 0.3) is 0 Å². The molecule has 1 aromatic heterocycles. The lowest BCUT2D eigenvalue weighted by Crippen LogP contribution is -1.98. The van der Waals surface area contributed by atoms with E-state index in [1.165, 1.54) is 33.0 Å². The van der Waals surface area contributed by atoms with Gasteiger partial charge in [-0.15, -0.1) is 0 Å². The highest BCUT2D eigenvalue weighted by molar-refractivity contribution is 6.38. The normalized spacial score (nSPS) is 11.5. The summed E-state index contributed by atoms with van der Waals surface area (Å²) in [5, 5.41) is 5.50. The van der Waals surface area contributed by atoms with E-state index in [2.05, 4.69) is 102 Å². The Kier molecular flexibility index (Phi) is 3.90. The van der Waals surface area contributed by atoms with E-state index in [9.17, 15) is 0 Å². The Hall–Kier alpha value is -3.55. The molecule has 0 saturated carbocycles. The molecule has 142 valence electrons. The number of aromatic nitrogens is 1. The Labute approximate surface area is 179 Å². The summed E-state index contributed by atoms with van der Waals surface area (Å²) in [6.07, 6.45) is 0. The lowest BCUT2D eigenvalue weighted by atomic mass is 9.98. The minimum absolute atomic E-state index is 0.781. The van der Waals surface area contributed by atoms with Crippen LogP contribution in [0.4, 0.5) is 0 Å². The van der Waals surface area contributed by atoms with Crippen molar-refractivity contribution in [3.63, 3.8) is 0 Å². The topological polar surface area (TPSA) is 4.93 Å². The van der Waals surface area contributed by atoms with Crippen LogP contribution in [0.2, 0.25) is 5.02 Å². The second kappa shape index (κ2) is 6.76. The molecule has 0 N–H and O–H groups in total. The molecule has 0 fully saturated rings. The Morgan fingerprint density at radius 2 is 1.23 bits per heavy atom. The van der Waals surface area contributed by atoms with Crippen molar-refractivity contribution < 1.29 is 0 Å². The molecule has 0 unspecified atom stereocenters. The molecule has 1 nitrogen and oxygen atoms in total. The van der Waals surface area contributed by atoms with Crippen LogP contribution in [0.25, 0.3) is 49.4 Å². The van der Waals surface area contributed by atoms with E-state index in [0.29, 0.717) is 0 Å². The highest BCUT2D eigenvalue weighted by Crippen LogP contribution is 2.41. The van der Waals surface area contributed by atoms with Gasteiger partial charge in [-0.2, -0.15) is 0 Å². The van der Waals surface area contributed by atoms with Crippen molar-refractivity contribution in [3.05, 3.63) is 114 Å². The zero-order chi connectivity index (χ0) is 20.1. The van der Waals surface area contributed by atoms with Crippen molar-refractivity contribution in [3.8, 4) is 16.8 Å². The van der Waals surface area contributed by atoms with Crippen LogP contribution in [0.1, 0.15) is 0 Å². The third-order valence-corrected chi connectivity index (χ3v) is 6.17. The van der Waals surface area contributed by atoms with Crippen molar-refractivity contribution in [1.82, 2.24) is 4.57 Å². The fourth-order valence-corrected chi connectivity index (χ4v) is 4.83. The Morgan fingerprint density at radius 3 is 2.10 bits per heavy atom. The van der Waals surface area contributed by atoms with Gasteiger partial charge in [-0.3, -0.25) is 0 Å². The lowest BCUT2D eigenvalue weighted by molar-refractivity contribution is 1.20. The van der Waals surface area contributed by atoms with Crippen molar-refractivity contribution in [1.29, 1.82) is 0 Å². The highest BCUT2D eigenvalue weighted by atomic mass is 35.5. The number of benzene rings is 5. The Bertz CT molecular complexity index is 1540. The van der Waals surface area contributed by atoms with E-state index in [1.54, 1.807) is 0 Å². The molecule has 0 aliphatic heterocycles. The van der Waals surface area contributed by atoms with Crippen molar-refractivity contribution in [2.75, 3.05) is 0 Å². The monoisotopic (exact) mass is 403 g/mol. The van der Waals surface area contributed by atoms with Crippen LogP contribution in [-0.2, 0) is 0 Å². The molecule has 0 saturated heterocycles. The van der Waals surface area contributed by atoms with E-state index < -0.39 is 0 Å².